The summed E-state index contributed by atoms with van der Waals surface area (Å²) in [5, 5.41) is 3.56. The van der Waals surface area contributed by atoms with Gasteiger partial charge < -0.3 is 15.1 Å². The van der Waals surface area contributed by atoms with E-state index < -0.39 is 0 Å². The van der Waals surface area contributed by atoms with Gasteiger partial charge in [0.15, 0.2) is 0 Å². The molecule has 7 heteroatoms. The van der Waals surface area contributed by atoms with Gasteiger partial charge in [0.05, 0.1) is 16.4 Å². The van der Waals surface area contributed by atoms with Gasteiger partial charge in [-0.05, 0) is 59.0 Å². The third kappa shape index (κ3) is 4.29. The SMILES string of the molecule is CC(=O)N1CCN(c2c(Cl)cccc2NC(=O)c2ccc(I)cc2)CC1. The first-order valence-electron chi connectivity index (χ1n) is 8.31. The Morgan fingerprint density at radius 1 is 1.04 bits per heavy atom. The molecule has 1 N–H and O–H groups in total. The van der Waals surface area contributed by atoms with E-state index in [1.54, 1.807) is 19.1 Å². The molecule has 0 saturated carbocycles. The minimum atomic E-state index is -0.174. The topological polar surface area (TPSA) is 52.7 Å². The lowest BCUT2D eigenvalue weighted by atomic mass is 10.1. The van der Waals surface area contributed by atoms with E-state index in [0.717, 1.165) is 9.26 Å². The van der Waals surface area contributed by atoms with Gasteiger partial charge in [0.25, 0.3) is 5.91 Å². The molecule has 1 aliphatic heterocycles. The number of hydrogen-bond acceptors (Lipinski definition) is 3. The number of nitrogens with one attached hydrogen (secondary N) is 1. The van der Waals surface area contributed by atoms with E-state index in [1.807, 2.05) is 35.2 Å². The summed E-state index contributed by atoms with van der Waals surface area (Å²) in [7, 11) is 0. The number of nitrogens with zero attached hydrogens (tertiary/aromatic N) is 2. The van der Waals surface area contributed by atoms with Crippen LogP contribution in [0, 0.1) is 3.57 Å². The van der Waals surface area contributed by atoms with E-state index in [9.17, 15) is 9.59 Å². The monoisotopic (exact) mass is 483 g/mol. The molecule has 1 aliphatic rings. The molecule has 2 amide bonds. The van der Waals surface area contributed by atoms with Gasteiger partial charge >= 0.3 is 0 Å². The lowest BCUT2D eigenvalue weighted by Gasteiger charge is -2.37. The molecule has 0 radical (unpaired) electrons. The molecule has 0 unspecified atom stereocenters. The minimum Gasteiger partial charge on any atom is -0.365 e. The number of para-hydroxylation sites is 1. The van der Waals surface area contributed by atoms with Crippen molar-refractivity contribution in [3.05, 3.63) is 56.6 Å². The number of rotatable bonds is 3. The lowest BCUT2D eigenvalue weighted by molar-refractivity contribution is -0.129. The average Bonchev–Trinajstić information content (AvgIpc) is 2.62. The van der Waals surface area contributed by atoms with E-state index >= 15 is 0 Å². The van der Waals surface area contributed by atoms with Crippen LogP contribution in [0.1, 0.15) is 17.3 Å². The summed E-state index contributed by atoms with van der Waals surface area (Å²) in [5.74, 6) is -0.0941. The van der Waals surface area contributed by atoms with Crippen molar-refractivity contribution in [2.75, 3.05) is 36.4 Å². The number of hydrogen-bond donors (Lipinski definition) is 1. The highest BCUT2D eigenvalue weighted by Gasteiger charge is 2.23. The van der Waals surface area contributed by atoms with Crippen LogP contribution in [-0.2, 0) is 4.79 Å². The number of benzene rings is 2. The van der Waals surface area contributed by atoms with Crippen LogP contribution >= 0.6 is 34.2 Å². The third-order valence-corrected chi connectivity index (χ3v) is 5.41. The maximum atomic E-state index is 12.6. The quantitative estimate of drug-likeness (QED) is 0.675. The molecular formula is C19H19ClIN3O2. The van der Waals surface area contributed by atoms with Crippen molar-refractivity contribution in [2.45, 2.75) is 6.92 Å². The molecule has 1 saturated heterocycles. The van der Waals surface area contributed by atoms with E-state index in [4.69, 9.17) is 11.6 Å². The van der Waals surface area contributed by atoms with Crippen molar-refractivity contribution < 1.29 is 9.59 Å². The van der Waals surface area contributed by atoms with Gasteiger partial charge in [0.2, 0.25) is 5.91 Å². The number of amides is 2. The Hall–Kier alpha value is -1.80. The van der Waals surface area contributed by atoms with Gasteiger partial charge in [-0.1, -0.05) is 17.7 Å². The maximum absolute atomic E-state index is 12.6. The summed E-state index contributed by atoms with van der Waals surface area (Å²) in [6, 6.07) is 12.9. The molecule has 0 spiro atoms. The summed E-state index contributed by atoms with van der Waals surface area (Å²) >= 11 is 8.64. The lowest BCUT2D eigenvalue weighted by Crippen LogP contribution is -2.48. The van der Waals surface area contributed by atoms with Crippen LogP contribution in [0.3, 0.4) is 0 Å². The van der Waals surface area contributed by atoms with E-state index in [2.05, 4.69) is 32.8 Å². The van der Waals surface area contributed by atoms with E-state index in [1.165, 1.54) is 0 Å². The Balaban J connectivity index is 1.80. The normalized spacial score (nSPS) is 14.3. The molecule has 2 aromatic carbocycles. The number of halogens is 2. The first-order valence-corrected chi connectivity index (χ1v) is 9.77. The van der Waals surface area contributed by atoms with Gasteiger partial charge in [-0.15, -0.1) is 0 Å². The number of carbonyl (C=O) groups excluding carboxylic acids is 2. The van der Waals surface area contributed by atoms with Crippen molar-refractivity contribution in [2.24, 2.45) is 0 Å². The second kappa shape index (κ2) is 8.26. The van der Waals surface area contributed by atoms with Crippen molar-refractivity contribution in [1.82, 2.24) is 4.90 Å². The highest BCUT2D eigenvalue weighted by atomic mass is 127. The summed E-state index contributed by atoms with van der Waals surface area (Å²) in [4.78, 5) is 28.0. The highest BCUT2D eigenvalue weighted by molar-refractivity contribution is 14.1. The van der Waals surface area contributed by atoms with Crippen LogP contribution in [-0.4, -0.2) is 42.9 Å². The number of piperazine rings is 1. The van der Waals surface area contributed by atoms with Crippen molar-refractivity contribution in [3.63, 3.8) is 0 Å². The maximum Gasteiger partial charge on any atom is 0.255 e. The van der Waals surface area contributed by atoms with Crippen LogP contribution < -0.4 is 10.2 Å². The first-order chi connectivity index (χ1) is 12.5. The van der Waals surface area contributed by atoms with Gasteiger partial charge in [-0.3, -0.25) is 9.59 Å². The van der Waals surface area contributed by atoms with Crippen LogP contribution in [0.15, 0.2) is 42.5 Å². The third-order valence-electron chi connectivity index (χ3n) is 4.38. The van der Waals surface area contributed by atoms with Crippen molar-refractivity contribution in [1.29, 1.82) is 0 Å². The van der Waals surface area contributed by atoms with Crippen LogP contribution in [0.4, 0.5) is 11.4 Å². The largest absolute Gasteiger partial charge is 0.365 e. The van der Waals surface area contributed by atoms with Crippen LogP contribution in [0.5, 0.6) is 0 Å². The van der Waals surface area contributed by atoms with Gasteiger partial charge in [0, 0.05) is 42.2 Å². The van der Waals surface area contributed by atoms with Crippen LogP contribution in [0.25, 0.3) is 0 Å². The molecule has 0 aromatic heterocycles. The molecule has 0 atom stereocenters. The Morgan fingerprint density at radius 3 is 2.31 bits per heavy atom. The fourth-order valence-corrected chi connectivity index (χ4v) is 3.63. The fourth-order valence-electron chi connectivity index (χ4n) is 2.98. The second-order valence-corrected chi connectivity index (χ2v) is 7.74. The molecule has 1 heterocycles. The smallest absolute Gasteiger partial charge is 0.255 e. The highest BCUT2D eigenvalue weighted by Crippen LogP contribution is 2.35. The molecule has 136 valence electrons. The fraction of sp³-hybridized carbons (Fsp3) is 0.263. The van der Waals surface area contributed by atoms with Gasteiger partial charge in [-0.2, -0.15) is 0 Å². The summed E-state index contributed by atoms with van der Waals surface area (Å²) in [5.41, 5.74) is 2.08. The summed E-state index contributed by atoms with van der Waals surface area (Å²) < 4.78 is 1.07. The van der Waals surface area contributed by atoms with E-state index in [-0.39, 0.29) is 11.8 Å². The predicted octanol–water partition coefficient (Wildman–Crippen LogP) is 3.87. The van der Waals surface area contributed by atoms with Crippen molar-refractivity contribution >= 4 is 57.4 Å². The molecule has 3 rings (SSSR count). The van der Waals surface area contributed by atoms with E-state index in [0.29, 0.717) is 42.5 Å². The Bertz CT molecular complexity index is 818. The minimum absolute atomic E-state index is 0.0797. The Morgan fingerprint density at radius 2 is 1.69 bits per heavy atom. The number of carbonyl (C=O) groups is 2. The summed E-state index contributed by atoms with van der Waals surface area (Å²) in [6.07, 6.45) is 0. The predicted molar refractivity (Wildman–Crippen MR) is 113 cm³/mol. The zero-order chi connectivity index (χ0) is 18.7. The first kappa shape index (κ1) is 19.0. The second-order valence-electron chi connectivity index (χ2n) is 6.09. The summed E-state index contributed by atoms with van der Waals surface area (Å²) in [6.45, 7) is 4.22. The van der Waals surface area contributed by atoms with Crippen LogP contribution in [0.2, 0.25) is 5.02 Å². The Kier molecular flexibility index (Phi) is 6.03. The van der Waals surface area contributed by atoms with Gasteiger partial charge in [-0.25, -0.2) is 0 Å². The molecule has 0 bridgehead atoms. The number of anilines is 2. The molecule has 5 nitrogen and oxygen atoms in total. The van der Waals surface area contributed by atoms with Gasteiger partial charge in [0.1, 0.15) is 0 Å². The Labute approximate surface area is 171 Å². The standard InChI is InChI=1S/C19H19ClIN3O2/c1-13(25)23-9-11-24(12-10-23)18-16(20)3-2-4-17(18)22-19(26)14-5-7-15(21)8-6-14/h2-8H,9-12H2,1H3,(H,22,26). The molecule has 0 aliphatic carbocycles. The zero-order valence-electron chi connectivity index (χ0n) is 14.3. The molecule has 26 heavy (non-hydrogen) atoms. The van der Waals surface area contributed by atoms with Crippen molar-refractivity contribution in [3.8, 4) is 0 Å². The zero-order valence-corrected chi connectivity index (χ0v) is 17.3. The molecule has 2 aromatic rings. The average molecular weight is 484 g/mol. The molecule has 1 fully saturated rings. The molecular weight excluding hydrogens is 465 g/mol.